The number of rotatable bonds is 4. The molecule has 2 aromatic heterocycles. The molecule has 58 heavy (non-hydrogen) atoms. The summed E-state index contributed by atoms with van der Waals surface area (Å²) >= 11 is 0. The maximum atomic E-state index is 5.23. The lowest BCUT2D eigenvalue weighted by atomic mass is 9.85. The van der Waals surface area contributed by atoms with Gasteiger partial charge in [0.1, 0.15) is 11.5 Å². The van der Waals surface area contributed by atoms with Crippen molar-refractivity contribution in [1.29, 1.82) is 0 Å². The minimum Gasteiger partial charge on any atom is -0.276 e. The first-order valence-electron chi connectivity index (χ1n) is 19.9. The number of nitrogens with zero attached hydrogens (tertiary/aromatic N) is 3. The Morgan fingerprint density at radius 3 is 1.36 bits per heavy atom. The Morgan fingerprint density at radius 1 is 0.345 bits per heavy atom. The van der Waals surface area contributed by atoms with Gasteiger partial charge in [-0.05, 0) is 132 Å². The van der Waals surface area contributed by atoms with E-state index in [1.807, 2.05) is 12.1 Å². The highest BCUT2D eigenvalue weighted by Gasteiger charge is 2.19. The second-order valence-corrected chi connectivity index (χ2v) is 15.5. The molecule has 270 valence electrons. The molecule has 0 amide bonds. The number of hydrogen-bond donors (Lipinski definition) is 0. The van der Waals surface area contributed by atoms with E-state index in [-0.39, 0.29) is 0 Å². The number of para-hydroxylation sites is 3. The number of aromatic nitrogens is 3. The highest BCUT2D eigenvalue weighted by Crippen LogP contribution is 2.45. The van der Waals surface area contributed by atoms with E-state index in [4.69, 9.17) is 9.97 Å². The molecule has 0 radical (unpaired) electrons. The van der Waals surface area contributed by atoms with E-state index in [0.717, 1.165) is 39.0 Å². The van der Waals surface area contributed by atoms with Gasteiger partial charge in [-0.25, -0.2) is 9.97 Å². The SMILES string of the molecule is Cc1ccc(-c2ccc3cc(-c4c5ccccc5c(-c5ccc6cc(-c7nc8ccccc8c8nc9ccccc9n78)ccc6c5)c5ccccc45)ccc3c2)cc1. The van der Waals surface area contributed by atoms with Crippen molar-refractivity contribution >= 4 is 70.7 Å². The van der Waals surface area contributed by atoms with Gasteiger partial charge >= 0.3 is 0 Å². The van der Waals surface area contributed by atoms with Gasteiger partial charge in [0.15, 0.2) is 0 Å². The Labute approximate surface area is 335 Å². The van der Waals surface area contributed by atoms with E-state index in [0.29, 0.717) is 0 Å². The molecule has 0 bridgehead atoms. The van der Waals surface area contributed by atoms with Crippen LogP contribution < -0.4 is 0 Å². The minimum absolute atomic E-state index is 0.890. The fourth-order valence-electron chi connectivity index (χ4n) is 9.16. The van der Waals surface area contributed by atoms with Crippen molar-refractivity contribution in [2.24, 2.45) is 0 Å². The van der Waals surface area contributed by atoms with E-state index in [1.54, 1.807) is 0 Å². The first kappa shape index (κ1) is 32.6. The lowest BCUT2D eigenvalue weighted by Gasteiger charge is -2.18. The number of hydrogen-bond acceptors (Lipinski definition) is 2. The van der Waals surface area contributed by atoms with Crippen LogP contribution in [0, 0.1) is 6.92 Å². The molecule has 0 N–H and O–H groups in total. The standard InChI is InChI=1S/C55H35N3/c1-34-18-20-35(21-19-34)36-22-23-38-31-41(27-24-37(38)30-36)52-44-10-2-4-12-46(44)53(47-13-5-3-11-45(47)52)42-28-25-40-33-43(29-26-39(40)32-42)54-56-49-15-7-6-14-48(49)55-57-50-16-8-9-17-51(50)58(54)55/h2-33H,1H3. The van der Waals surface area contributed by atoms with Crippen molar-refractivity contribution in [2.75, 3.05) is 0 Å². The van der Waals surface area contributed by atoms with Gasteiger partial charge in [-0.3, -0.25) is 4.40 Å². The largest absolute Gasteiger partial charge is 0.276 e. The first-order valence-corrected chi connectivity index (χ1v) is 19.9. The molecule has 2 heterocycles. The van der Waals surface area contributed by atoms with Gasteiger partial charge in [0, 0.05) is 10.9 Å². The second kappa shape index (κ2) is 12.7. The second-order valence-electron chi connectivity index (χ2n) is 15.5. The molecule has 3 heteroatoms. The smallest absolute Gasteiger partial charge is 0.149 e. The first-order chi connectivity index (χ1) is 28.6. The Bertz CT molecular complexity index is 3570. The summed E-state index contributed by atoms with van der Waals surface area (Å²) < 4.78 is 2.21. The Balaban J connectivity index is 1.000. The van der Waals surface area contributed by atoms with Crippen LogP contribution in [0.1, 0.15) is 5.56 Å². The van der Waals surface area contributed by atoms with Crippen molar-refractivity contribution < 1.29 is 0 Å². The third-order valence-electron chi connectivity index (χ3n) is 12.0. The highest BCUT2D eigenvalue weighted by atomic mass is 15.1. The molecule has 0 spiro atoms. The van der Waals surface area contributed by atoms with Crippen LogP contribution in [0.2, 0.25) is 0 Å². The summed E-state index contributed by atoms with van der Waals surface area (Å²) in [5.41, 5.74) is 13.6. The summed E-state index contributed by atoms with van der Waals surface area (Å²) in [6.45, 7) is 2.13. The predicted octanol–water partition coefficient (Wildman–Crippen LogP) is 14.6. The van der Waals surface area contributed by atoms with E-state index in [1.165, 1.54) is 82.0 Å². The van der Waals surface area contributed by atoms with Crippen LogP contribution in [0.15, 0.2) is 194 Å². The molecule has 0 unspecified atom stereocenters. The summed E-state index contributed by atoms with van der Waals surface area (Å²) in [6, 6.07) is 70.6. The zero-order valence-electron chi connectivity index (χ0n) is 31.8. The number of fused-ring (bicyclic) bond motifs is 9. The Hall–Kier alpha value is -7.62. The average molecular weight is 738 g/mol. The Kier molecular flexibility index (Phi) is 7.14. The fourth-order valence-corrected chi connectivity index (χ4v) is 9.16. The molecule has 3 nitrogen and oxygen atoms in total. The third-order valence-corrected chi connectivity index (χ3v) is 12.0. The van der Waals surface area contributed by atoms with E-state index in [2.05, 4.69) is 193 Å². The number of benzene rings is 10. The van der Waals surface area contributed by atoms with Crippen LogP contribution in [-0.2, 0) is 0 Å². The zero-order chi connectivity index (χ0) is 38.3. The van der Waals surface area contributed by atoms with Crippen LogP contribution in [0.3, 0.4) is 0 Å². The van der Waals surface area contributed by atoms with E-state index in [9.17, 15) is 0 Å². The molecule has 0 saturated carbocycles. The van der Waals surface area contributed by atoms with Crippen molar-refractivity contribution in [3.05, 3.63) is 200 Å². The van der Waals surface area contributed by atoms with Crippen LogP contribution in [0.5, 0.6) is 0 Å². The molecule has 12 aromatic rings. The zero-order valence-corrected chi connectivity index (χ0v) is 31.8. The van der Waals surface area contributed by atoms with Gasteiger partial charge in [0.25, 0.3) is 0 Å². The normalized spacial score (nSPS) is 11.9. The highest BCUT2D eigenvalue weighted by molar-refractivity contribution is 6.22. The molecule has 0 aliphatic rings. The molecule has 0 aliphatic carbocycles. The lowest BCUT2D eigenvalue weighted by molar-refractivity contribution is 1.16. The van der Waals surface area contributed by atoms with Crippen molar-refractivity contribution in [3.63, 3.8) is 0 Å². The summed E-state index contributed by atoms with van der Waals surface area (Å²) in [6.07, 6.45) is 0. The monoisotopic (exact) mass is 737 g/mol. The minimum atomic E-state index is 0.890. The van der Waals surface area contributed by atoms with Gasteiger partial charge in [0.2, 0.25) is 0 Å². The van der Waals surface area contributed by atoms with Gasteiger partial charge in [-0.2, -0.15) is 0 Å². The molecule has 10 aromatic carbocycles. The van der Waals surface area contributed by atoms with Crippen LogP contribution >= 0.6 is 0 Å². The van der Waals surface area contributed by atoms with E-state index < -0.39 is 0 Å². The number of imidazole rings is 1. The summed E-state index contributed by atoms with van der Waals surface area (Å²) in [5.74, 6) is 0.890. The summed E-state index contributed by atoms with van der Waals surface area (Å²) in [4.78, 5) is 10.3. The summed E-state index contributed by atoms with van der Waals surface area (Å²) in [5, 5.41) is 10.9. The topological polar surface area (TPSA) is 30.2 Å². The van der Waals surface area contributed by atoms with Gasteiger partial charge < -0.3 is 0 Å². The molecular weight excluding hydrogens is 703 g/mol. The van der Waals surface area contributed by atoms with Crippen molar-refractivity contribution in [3.8, 4) is 44.8 Å². The fraction of sp³-hybridized carbons (Fsp3) is 0.0182. The predicted molar refractivity (Wildman–Crippen MR) is 245 cm³/mol. The molecule has 0 aliphatic heterocycles. The quantitative estimate of drug-likeness (QED) is 0.168. The number of aryl methyl sites for hydroxylation is 1. The van der Waals surface area contributed by atoms with Gasteiger partial charge in [-0.15, -0.1) is 0 Å². The summed E-state index contributed by atoms with van der Waals surface area (Å²) in [7, 11) is 0. The van der Waals surface area contributed by atoms with Gasteiger partial charge in [-0.1, -0.05) is 151 Å². The molecule has 0 atom stereocenters. The van der Waals surface area contributed by atoms with Crippen molar-refractivity contribution in [1.82, 2.24) is 14.4 Å². The Morgan fingerprint density at radius 2 is 0.776 bits per heavy atom. The molecule has 12 rings (SSSR count). The van der Waals surface area contributed by atoms with Crippen molar-refractivity contribution in [2.45, 2.75) is 6.92 Å². The maximum absolute atomic E-state index is 5.23. The van der Waals surface area contributed by atoms with Crippen LogP contribution in [0.4, 0.5) is 0 Å². The van der Waals surface area contributed by atoms with Crippen LogP contribution in [0.25, 0.3) is 115 Å². The molecule has 0 fully saturated rings. The van der Waals surface area contributed by atoms with E-state index >= 15 is 0 Å². The molecule has 0 saturated heterocycles. The van der Waals surface area contributed by atoms with Gasteiger partial charge in [0.05, 0.1) is 16.6 Å². The maximum Gasteiger partial charge on any atom is 0.149 e. The molecular formula is C55H35N3. The average Bonchev–Trinajstić information content (AvgIpc) is 3.68. The third kappa shape index (κ3) is 5.07. The van der Waals surface area contributed by atoms with Crippen LogP contribution in [-0.4, -0.2) is 14.4 Å². The lowest BCUT2D eigenvalue weighted by Crippen LogP contribution is -1.98.